The van der Waals surface area contributed by atoms with E-state index < -0.39 is 0 Å². The summed E-state index contributed by atoms with van der Waals surface area (Å²) in [7, 11) is 0. The van der Waals surface area contributed by atoms with Crippen molar-refractivity contribution in [2.24, 2.45) is 11.8 Å². The highest BCUT2D eigenvalue weighted by Crippen LogP contribution is 2.16. The molecule has 1 N–H and O–H groups in total. The second kappa shape index (κ2) is 4.61. The summed E-state index contributed by atoms with van der Waals surface area (Å²) < 4.78 is 0. The van der Waals surface area contributed by atoms with E-state index in [1.54, 1.807) is 0 Å². The van der Waals surface area contributed by atoms with Crippen LogP contribution in [-0.4, -0.2) is 18.9 Å². The first-order valence-electron chi connectivity index (χ1n) is 4.93. The molecule has 0 spiro atoms. The molecular formula is C10H19NO. The van der Waals surface area contributed by atoms with Gasteiger partial charge in [-0.1, -0.05) is 13.8 Å². The average Bonchev–Trinajstić information content (AvgIpc) is 2.06. The summed E-state index contributed by atoms with van der Waals surface area (Å²) in [6.07, 6.45) is 3.24. The predicted molar refractivity (Wildman–Crippen MR) is 50.1 cm³/mol. The highest BCUT2D eigenvalue weighted by molar-refractivity contribution is 5.80. The summed E-state index contributed by atoms with van der Waals surface area (Å²) in [6, 6.07) is 0. The van der Waals surface area contributed by atoms with Gasteiger partial charge in [-0.25, -0.2) is 0 Å². The molecule has 1 aliphatic rings. The smallest absolute Gasteiger partial charge is 0.135 e. The van der Waals surface area contributed by atoms with E-state index in [4.69, 9.17) is 0 Å². The van der Waals surface area contributed by atoms with Crippen molar-refractivity contribution in [2.45, 2.75) is 33.1 Å². The van der Waals surface area contributed by atoms with E-state index in [1.807, 2.05) is 13.8 Å². The fraction of sp³-hybridized carbons (Fsp3) is 0.900. The lowest BCUT2D eigenvalue weighted by Crippen LogP contribution is -2.31. The highest BCUT2D eigenvalue weighted by atomic mass is 16.1. The molecule has 70 valence electrons. The molecule has 0 radical (unpaired) electrons. The summed E-state index contributed by atoms with van der Waals surface area (Å²) >= 11 is 0. The minimum absolute atomic E-state index is 0.215. The van der Waals surface area contributed by atoms with Crippen LogP contribution in [0.15, 0.2) is 0 Å². The van der Waals surface area contributed by atoms with Crippen molar-refractivity contribution in [2.75, 3.05) is 13.1 Å². The van der Waals surface area contributed by atoms with Gasteiger partial charge in [-0.15, -0.1) is 0 Å². The normalized spacial score (nSPS) is 24.4. The van der Waals surface area contributed by atoms with Gasteiger partial charge in [-0.3, -0.25) is 4.79 Å². The van der Waals surface area contributed by atoms with Crippen LogP contribution in [0.25, 0.3) is 0 Å². The molecular weight excluding hydrogens is 150 g/mol. The van der Waals surface area contributed by atoms with Crippen molar-refractivity contribution in [1.29, 1.82) is 0 Å². The molecule has 1 heterocycles. The maximum atomic E-state index is 11.4. The Labute approximate surface area is 74.7 Å². The Morgan fingerprint density at radius 1 is 1.58 bits per heavy atom. The molecule has 1 saturated heterocycles. The summed E-state index contributed by atoms with van der Waals surface area (Å²) in [6.45, 7) is 6.14. The second-order valence-electron chi connectivity index (χ2n) is 4.04. The molecule has 2 nitrogen and oxygen atoms in total. The number of nitrogens with one attached hydrogen (secondary N) is 1. The first kappa shape index (κ1) is 9.72. The molecule has 1 aliphatic heterocycles. The topological polar surface area (TPSA) is 29.1 Å². The zero-order valence-corrected chi connectivity index (χ0v) is 8.10. The quantitative estimate of drug-likeness (QED) is 0.695. The number of rotatable bonds is 3. The van der Waals surface area contributed by atoms with Crippen molar-refractivity contribution in [3.8, 4) is 0 Å². The molecule has 12 heavy (non-hydrogen) atoms. The molecule has 0 aromatic heterocycles. The molecule has 0 amide bonds. The van der Waals surface area contributed by atoms with Crippen LogP contribution >= 0.6 is 0 Å². The molecule has 0 aromatic rings. The first-order valence-corrected chi connectivity index (χ1v) is 4.93. The van der Waals surface area contributed by atoms with E-state index in [2.05, 4.69) is 5.32 Å². The molecule has 1 fully saturated rings. The van der Waals surface area contributed by atoms with Gasteiger partial charge in [0.1, 0.15) is 5.78 Å². The number of ketones is 1. The summed E-state index contributed by atoms with van der Waals surface area (Å²) in [4.78, 5) is 11.4. The Balaban J connectivity index is 2.24. The monoisotopic (exact) mass is 169 g/mol. The van der Waals surface area contributed by atoms with Gasteiger partial charge in [0.25, 0.3) is 0 Å². The average molecular weight is 169 g/mol. The zero-order valence-electron chi connectivity index (χ0n) is 8.10. The Morgan fingerprint density at radius 3 is 2.83 bits per heavy atom. The van der Waals surface area contributed by atoms with Gasteiger partial charge in [0, 0.05) is 12.3 Å². The molecule has 0 aromatic carbocycles. The van der Waals surface area contributed by atoms with Crippen molar-refractivity contribution in [3.63, 3.8) is 0 Å². The third-order valence-corrected chi connectivity index (χ3v) is 2.53. The molecule has 1 unspecified atom stereocenters. The van der Waals surface area contributed by atoms with Crippen molar-refractivity contribution in [1.82, 2.24) is 5.32 Å². The molecule has 2 heteroatoms. The molecule has 0 saturated carbocycles. The largest absolute Gasteiger partial charge is 0.316 e. The van der Waals surface area contributed by atoms with Crippen LogP contribution in [0, 0.1) is 11.8 Å². The fourth-order valence-corrected chi connectivity index (χ4v) is 1.62. The van der Waals surface area contributed by atoms with Gasteiger partial charge in [-0.2, -0.15) is 0 Å². The summed E-state index contributed by atoms with van der Waals surface area (Å²) in [5.41, 5.74) is 0. The highest BCUT2D eigenvalue weighted by Gasteiger charge is 2.17. The van der Waals surface area contributed by atoms with E-state index in [1.165, 1.54) is 12.8 Å². The maximum Gasteiger partial charge on any atom is 0.135 e. The Morgan fingerprint density at radius 2 is 2.33 bits per heavy atom. The Kier molecular flexibility index (Phi) is 3.73. The van der Waals surface area contributed by atoms with Crippen LogP contribution in [0.4, 0.5) is 0 Å². The number of piperidine rings is 1. The SMILES string of the molecule is CC(C)C(=O)CC1CCCNC1. The van der Waals surface area contributed by atoms with Gasteiger partial charge in [0.2, 0.25) is 0 Å². The minimum atomic E-state index is 0.215. The summed E-state index contributed by atoms with van der Waals surface area (Å²) in [5.74, 6) is 1.24. The van der Waals surface area contributed by atoms with Crippen LogP contribution in [0.2, 0.25) is 0 Å². The fourth-order valence-electron chi connectivity index (χ4n) is 1.62. The van der Waals surface area contributed by atoms with Gasteiger partial charge in [0.05, 0.1) is 0 Å². The van der Waals surface area contributed by atoms with Gasteiger partial charge >= 0.3 is 0 Å². The van der Waals surface area contributed by atoms with E-state index in [-0.39, 0.29) is 5.92 Å². The molecule has 0 aliphatic carbocycles. The minimum Gasteiger partial charge on any atom is -0.316 e. The van der Waals surface area contributed by atoms with Crippen LogP contribution in [-0.2, 0) is 4.79 Å². The Hall–Kier alpha value is -0.370. The lowest BCUT2D eigenvalue weighted by Gasteiger charge is -2.22. The lowest BCUT2D eigenvalue weighted by atomic mass is 9.91. The number of hydrogen-bond donors (Lipinski definition) is 1. The third kappa shape index (κ3) is 2.94. The molecule has 1 rings (SSSR count). The number of carbonyl (C=O) groups is 1. The lowest BCUT2D eigenvalue weighted by molar-refractivity contribution is -0.122. The van der Waals surface area contributed by atoms with E-state index in [0.29, 0.717) is 11.7 Å². The zero-order chi connectivity index (χ0) is 8.97. The van der Waals surface area contributed by atoms with Gasteiger partial charge < -0.3 is 5.32 Å². The number of carbonyl (C=O) groups excluding carboxylic acids is 1. The van der Waals surface area contributed by atoms with Crippen LogP contribution in [0.3, 0.4) is 0 Å². The van der Waals surface area contributed by atoms with Crippen LogP contribution in [0.5, 0.6) is 0 Å². The molecule has 1 atom stereocenters. The van der Waals surface area contributed by atoms with Gasteiger partial charge in [0.15, 0.2) is 0 Å². The van der Waals surface area contributed by atoms with E-state index in [0.717, 1.165) is 19.5 Å². The van der Waals surface area contributed by atoms with Gasteiger partial charge in [-0.05, 0) is 31.8 Å². The van der Waals surface area contributed by atoms with Crippen LogP contribution in [0.1, 0.15) is 33.1 Å². The van der Waals surface area contributed by atoms with E-state index >= 15 is 0 Å². The standard InChI is InChI=1S/C10H19NO/c1-8(2)10(12)6-9-4-3-5-11-7-9/h8-9,11H,3-7H2,1-2H3. The van der Waals surface area contributed by atoms with Crippen molar-refractivity contribution >= 4 is 5.78 Å². The Bertz CT molecular complexity index is 148. The number of Topliss-reactive ketones (excluding diaryl/α,β-unsaturated/α-hetero) is 1. The second-order valence-corrected chi connectivity index (χ2v) is 4.04. The summed E-state index contributed by atoms with van der Waals surface area (Å²) in [5, 5.41) is 3.33. The third-order valence-electron chi connectivity index (χ3n) is 2.53. The van der Waals surface area contributed by atoms with Crippen molar-refractivity contribution in [3.05, 3.63) is 0 Å². The first-order chi connectivity index (χ1) is 5.70. The predicted octanol–water partition coefficient (Wildman–Crippen LogP) is 1.60. The molecule has 0 bridgehead atoms. The van der Waals surface area contributed by atoms with Crippen LogP contribution < -0.4 is 5.32 Å². The maximum absolute atomic E-state index is 11.4. The van der Waals surface area contributed by atoms with E-state index in [9.17, 15) is 4.79 Å². The number of hydrogen-bond acceptors (Lipinski definition) is 2. The van der Waals surface area contributed by atoms with Crippen molar-refractivity contribution < 1.29 is 4.79 Å².